The zero-order chi connectivity index (χ0) is 15.4. The molecule has 2 heterocycles. The molecular formula is C20H37NS. The van der Waals surface area contributed by atoms with Crippen LogP contribution in [-0.4, -0.2) is 34.5 Å². The summed E-state index contributed by atoms with van der Waals surface area (Å²) in [6, 6.07) is 0.918. The van der Waals surface area contributed by atoms with Crippen LogP contribution < -0.4 is 0 Å². The van der Waals surface area contributed by atoms with Crippen molar-refractivity contribution in [1.82, 2.24) is 4.90 Å². The highest BCUT2D eigenvalue weighted by molar-refractivity contribution is 7.99. The van der Waals surface area contributed by atoms with Crippen molar-refractivity contribution in [2.75, 3.05) is 12.8 Å². The summed E-state index contributed by atoms with van der Waals surface area (Å²) in [6.07, 6.45) is 21.6. The van der Waals surface area contributed by atoms with Crippen molar-refractivity contribution in [1.29, 1.82) is 0 Å². The van der Waals surface area contributed by atoms with Crippen LogP contribution in [0, 0.1) is 5.92 Å². The average Bonchev–Trinajstić information content (AvgIpc) is 2.57. The standard InChI is InChI=1S/C20H37NS/c1-3-4-5-6-10-18-12-11-17-9-7-8-14-20(17)15-13-19(22-2)16-21(18)20/h17-19H,3-16H2,1-2H3. The largest absolute Gasteiger partial charge is 0.293 e. The van der Waals surface area contributed by atoms with E-state index in [9.17, 15) is 0 Å². The highest BCUT2D eigenvalue weighted by Gasteiger charge is 2.52. The van der Waals surface area contributed by atoms with Crippen LogP contribution in [0.1, 0.15) is 90.4 Å². The summed E-state index contributed by atoms with van der Waals surface area (Å²) in [5.74, 6) is 1.04. The Labute approximate surface area is 143 Å². The van der Waals surface area contributed by atoms with Gasteiger partial charge in [0.2, 0.25) is 0 Å². The van der Waals surface area contributed by atoms with Gasteiger partial charge in [-0.15, -0.1) is 0 Å². The van der Waals surface area contributed by atoms with Crippen molar-refractivity contribution in [2.45, 2.75) is 107 Å². The Bertz CT molecular complexity index is 345. The van der Waals surface area contributed by atoms with Gasteiger partial charge in [-0.1, -0.05) is 45.4 Å². The third kappa shape index (κ3) is 3.38. The molecule has 4 atom stereocenters. The van der Waals surface area contributed by atoms with Crippen LogP contribution in [0.5, 0.6) is 0 Å². The van der Waals surface area contributed by atoms with E-state index in [1.807, 2.05) is 0 Å². The molecule has 3 fully saturated rings. The molecule has 0 N–H and O–H groups in total. The van der Waals surface area contributed by atoms with Gasteiger partial charge < -0.3 is 0 Å². The maximum Gasteiger partial charge on any atom is 0.0241 e. The third-order valence-corrected chi connectivity index (χ3v) is 8.11. The van der Waals surface area contributed by atoms with Gasteiger partial charge in [0, 0.05) is 23.4 Å². The Morgan fingerprint density at radius 2 is 1.91 bits per heavy atom. The second-order valence-electron chi connectivity index (χ2n) is 8.18. The molecule has 1 nitrogen and oxygen atoms in total. The number of rotatable bonds is 6. The monoisotopic (exact) mass is 323 g/mol. The number of unbranched alkanes of at least 4 members (excludes halogenated alkanes) is 3. The smallest absolute Gasteiger partial charge is 0.0241 e. The summed E-state index contributed by atoms with van der Waals surface area (Å²) in [6.45, 7) is 3.73. The Balaban J connectivity index is 1.69. The molecule has 22 heavy (non-hydrogen) atoms. The molecule has 1 spiro atoms. The fraction of sp³-hybridized carbons (Fsp3) is 1.00. The molecule has 2 aliphatic heterocycles. The first-order valence-corrected chi connectivity index (χ1v) is 11.4. The Kier molecular flexibility index (Phi) is 6.17. The van der Waals surface area contributed by atoms with Crippen LogP contribution in [0.4, 0.5) is 0 Å². The molecule has 0 bridgehead atoms. The molecule has 0 aromatic carbocycles. The number of hydrogen-bond donors (Lipinski definition) is 0. The SMILES string of the molecule is CCCCCCC1CCC2CCCCC23CCC(SC)CN13. The number of thioether (sulfide) groups is 1. The fourth-order valence-corrected chi connectivity index (χ4v) is 6.49. The molecule has 1 saturated carbocycles. The lowest BCUT2D eigenvalue weighted by Crippen LogP contribution is -2.65. The highest BCUT2D eigenvalue weighted by Crippen LogP contribution is 2.52. The van der Waals surface area contributed by atoms with Gasteiger partial charge in [0.25, 0.3) is 0 Å². The van der Waals surface area contributed by atoms with Crippen LogP contribution in [-0.2, 0) is 0 Å². The lowest BCUT2D eigenvalue weighted by atomic mass is 9.62. The van der Waals surface area contributed by atoms with E-state index < -0.39 is 0 Å². The molecule has 3 aliphatic rings. The molecule has 0 aromatic heterocycles. The van der Waals surface area contributed by atoms with E-state index in [2.05, 4.69) is 29.8 Å². The molecule has 3 rings (SSSR count). The van der Waals surface area contributed by atoms with E-state index in [0.717, 1.165) is 17.2 Å². The molecule has 4 unspecified atom stereocenters. The van der Waals surface area contributed by atoms with Crippen molar-refractivity contribution >= 4 is 11.8 Å². The lowest BCUT2D eigenvalue weighted by Gasteiger charge is -2.61. The molecule has 0 amide bonds. The fourth-order valence-electron chi connectivity index (χ4n) is 5.82. The minimum atomic E-state index is 0.637. The van der Waals surface area contributed by atoms with E-state index in [0.29, 0.717) is 5.54 Å². The van der Waals surface area contributed by atoms with Crippen LogP contribution >= 0.6 is 11.8 Å². The topological polar surface area (TPSA) is 3.24 Å². The van der Waals surface area contributed by atoms with Crippen LogP contribution in [0.2, 0.25) is 0 Å². The minimum absolute atomic E-state index is 0.637. The second kappa shape index (κ2) is 7.92. The van der Waals surface area contributed by atoms with Gasteiger partial charge in [-0.3, -0.25) is 4.90 Å². The van der Waals surface area contributed by atoms with E-state index in [1.165, 1.54) is 83.6 Å². The van der Waals surface area contributed by atoms with E-state index in [-0.39, 0.29) is 0 Å². The van der Waals surface area contributed by atoms with Gasteiger partial charge in [-0.2, -0.15) is 11.8 Å². The third-order valence-electron chi connectivity index (χ3n) is 7.06. The maximum atomic E-state index is 3.08. The van der Waals surface area contributed by atoms with Crippen molar-refractivity contribution < 1.29 is 0 Å². The van der Waals surface area contributed by atoms with Gasteiger partial charge in [0.1, 0.15) is 0 Å². The maximum absolute atomic E-state index is 3.08. The van der Waals surface area contributed by atoms with Crippen molar-refractivity contribution in [3.8, 4) is 0 Å². The van der Waals surface area contributed by atoms with Crippen molar-refractivity contribution in [2.24, 2.45) is 5.92 Å². The summed E-state index contributed by atoms with van der Waals surface area (Å²) >= 11 is 2.13. The molecular weight excluding hydrogens is 286 g/mol. The van der Waals surface area contributed by atoms with Gasteiger partial charge >= 0.3 is 0 Å². The Morgan fingerprint density at radius 3 is 2.73 bits per heavy atom. The van der Waals surface area contributed by atoms with Gasteiger partial charge in [-0.05, 0) is 57.1 Å². The van der Waals surface area contributed by atoms with Crippen LogP contribution in [0.15, 0.2) is 0 Å². The zero-order valence-corrected chi connectivity index (χ0v) is 15.8. The molecule has 0 aromatic rings. The normalized spacial score (nSPS) is 39.3. The first-order chi connectivity index (χ1) is 10.8. The average molecular weight is 324 g/mol. The first kappa shape index (κ1) is 17.1. The van der Waals surface area contributed by atoms with E-state index in [1.54, 1.807) is 6.42 Å². The van der Waals surface area contributed by atoms with Gasteiger partial charge in [0.15, 0.2) is 0 Å². The predicted octanol–water partition coefficient (Wildman–Crippen LogP) is 5.88. The molecule has 0 radical (unpaired) electrons. The van der Waals surface area contributed by atoms with Crippen LogP contribution in [0.25, 0.3) is 0 Å². The van der Waals surface area contributed by atoms with E-state index in [4.69, 9.17) is 0 Å². The number of piperidine rings is 2. The highest BCUT2D eigenvalue weighted by atomic mass is 32.2. The summed E-state index contributed by atoms with van der Waals surface area (Å²) < 4.78 is 0. The summed E-state index contributed by atoms with van der Waals surface area (Å²) in [5, 5.41) is 0.907. The Hall–Kier alpha value is 0.310. The molecule has 1 aliphatic carbocycles. The van der Waals surface area contributed by atoms with Crippen molar-refractivity contribution in [3.63, 3.8) is 0 Å². The first-order valence-electron chi connectivity index (χ1n) is 10.1. The zero-order valence-electron chi connectivity index (χ0n) is 15.0. The summed E-state index contributed by atoms with van der Waals surface area (Å²) in [5.41, 5.74) is 0.637. The molecule has 128 valence electrons. The Morgan fingerprint density at radius 1 is 1.00 bits per heavy atom. The quantitative estimate of drug-likeness (QED) is 0.562. The molecule has 2 saturated heterocycles. The lowest BCUT2D eigenvalue weighted by molar-refractivity contribution is -0.0926. The number of hydrogen-bond acceptors (Lipinski definition) is 2. The predicted molar refractivity (Wildman–Crippen MR) is 99.7 cm³/mol. The van der Waals surface area contributed by atoms with Crippen LogP contribution in [0.3, 0.4) is 0 Å². The van der Waals surface area contributed by atoms with Gasteiger partial charge in [-0.25, -0.2) is 0 Å². The van der Waals surface area contributed by atoms with E-state index >= 15 is 0 Å². The number of nitrogens with zero attached hydrogens (tertiary/aromatic N) is 1. The van der Waals surface area contributed by atoms with Gasteiger partial charge in [0.05, 0.1) is 0 Å². The summed E-state index contributed by atoms with van der Waals surface area (Å²) in [4.78, 5) is 3.08. The molecule has 2 heteroatoms. The second-order valence-corrected chi connectivity index (χ2v) is 9.31. The van der Waals surface area contributed by atoms with Crippen molar-refractivity contribution in [3.05, 3.63) is 0 Å². The summed E-state index contributed by atoms with van der Waals surface area (Å²) in [7, 11) is 0. The minimum Gasteiger partial charge on any atom is -0.293 e.